The number of aryl methyl sites for hydroxylation is 1. The predicted octanol–water partition coefficient (Wildman–Crippen LogP) is 2.39. The molecule has 0 aromatic heterocycles. The van der Waals surface area contributed by atoms with Gasteiger partial charge in [0, 0.05) is 12.5 Å². The molecule has 0 bridgehead atoms. The van der Waals surface area contributed by atoms with Gasteiger partial charge in [0.1, 0.15) is 23.1 Å². The maximum absolute atomic E-state index is 12.6. The zero-order valence-electron chi connectivity index (χ0n) is 16.8. The quantitative estimate of drug-likeness (QED) is 0.547. The van der Waals surface area contributed by atoms with Crippen molar-refractivity contribution in [1.29, 1.82) is 0 Å². The molecule has 3 rings (SSSR count). The summed E-state index contributed by atoms with van der Waals surface area (Å²) in [6.07, 6.45) is 1.22. The molecule has 1 unspecified atom stereocenters. The van der Waals surface area contributed by atoms with Crippen LogP contribution in [0.2, 0.25) is 0 Å². The third-order valence-electron chi connectivity index (χ3n) is 5.19. The number of phenols is 2. The van der Waals surface area contributed by atoms with Gasteiger partial charge in [-0.05, 0) is 49.1 Å². The van der Waals surface area contributed by atoms with E-state index in [2.05, 4.69) is 5.32 Å². The Kier molecular flexibility index (Phi) is 6.05. The Hall–Kier alpha value is -3.42. The number of methoxy groups -OCH3 is 1. The SMILES string of the molecule is COc1cc2c(cc1O)CCC(C)(CC(=O)N[C@@H](Cc1ccc(O)cc1)C(=O)O)O2. The number of aliphatic carboxylic acids is 1. The minimum Gasteiger partial charge on any atom is -0.508 e. The molecule has 160 valence electrons. The van der Waals surface area contributed by atoms with Gasteiger partial charge in [0.05, 0.1) is 13.5 Å². The maximum atomic E-state index is 12.6. The van der Waals surface area contributed by atoms with Crippen LogP contribution in [0, 0.1) is 0 Å². The molecule has 2 aromatic carbocycles. The van der Waals surface area contributed by atoms with Gasteiger partial charge in [-0.3, -0.25) is 4.79 Å². The lowest BCUT2D eigenvalue weighted by atomic mass is 9.89. The van der Waals surface area contributed by atoms with Gasteiger partial charge >= 0.3 is 5.97 Å². The molecule has 4 N–H and O–H groups in total. The second kappa shape index (κ2) is 8.52. The summed E-state index contributed by atoms with van der Waals surface area (Å²) in [5.41, 5.74) is 0.684. The Balaban J connectivity index is 1.66. The number of fused-ring (bicyclic) bond motifs is 1. The van der Waals surface area contributed by atoms with Gasteiger partial charge in [0.2, 0.25) is 5.91 Å². The Morgan fingerprint density at radius 3 is 2.57 bits per heavy atom. The number of hydrogen-bond donors (Lipinski definition) is 4. The molecule has 30 heavy (non-hydrogen) atoms. The summed E-state index contributed by atoms with van der Waals surface area (Å²) in [5.74, 6) is -0.649. The second-order valence-corrected chi connectivity index (χ2v) is 7.69. The van der Waals surface area contributed by atoms with Crippen molar-refractivity contribution in [2.75, 3.05) is 7.11 Å². The summed E-state index contributed by atoms with van der Waals surface area (Å²) >= 11 is 0. The molecule has 0 saturated carbocycles. The zero-order chi connectivity index (χ0) is 21.9. The van der Waals surface area contributed by atoms with Crippen LogP contribution in [0.1, 0.15) is 30.9 Å². The summed E-state index contributed by atoms with van der Waals surface area (Å²) in [5, 5.41) is 31.3. The zero-order valence-corrected chi connectivity index (χ0v) is 16.8. The smallest absolute Gasteiger partial charge is 0.326 e. The Morgan fingerprint density at radius 1 is 1.23 bits per heavy atom. The van der Waals surface area contributed by atoms with Gasteiger partial charge in [-0.2, -0.15) is 0 Å². The summed E-state index contributed by atoms with van der Waals surface area (Å²) in [7, 11) is 1.44. The van der Waals surface area contributed by atoms with Crippen molar-refractivity contribution in [2.45, 2.75) is 44.2 Å². The van der Waals surface area contributed by atoms with Crippen LogP contribution in [-0.2, 0) is 22.4 Å². The van der Waals surface area contributed by atoms with Crippen LogP contribution in [0.25, 0.3) is 0 Å². The van der Waals surface area contributed by atoms with Crippen LogP contribution in [0.5, 0.6) is 23.0 Å². The molecule has 0 saturated heterocycles. The average molecular weight is 415 g/mol. The molecule has 1 amide bonds. The first-order valence-electron chi connectivity index (χ1n) is 9.58. The lowest BCUT2D eigenvalue weighted by Crippen LogP contribution is -2.47. The fourth-order valence-electron chi connectivity index (χ4n) is 3.54. The Labute approximate surface area is 174 Å². The normalized spacial score (nSPS) is 18.6. The highest BCUT2D eigenvalue weighted by Gasteiger charge is 2.35. The largest absolute Gasteiger partial charge is 0.508 e. The summed E-state index contributed by atoms with van der Waals surface area (Å²) in [6.45, 7) is 1.80. The summed E-state index contributed by atoms with van der Waals surface area (Å²) in [4.78, 5) is 24.2. The number of hydrogen-bond acceptors (Lipinski definition) is 6. The number of carboxylic acid groups (broad SMARTS) is 1. The minimum atomic E-state index is -1.14. The lowest BCUT2D eigenvalue weighted by Gasteiger charge is -2.36. The number of aromatic hydroxyl groups is 2. The number of phenolic OH excluding ortho intramolecular Hbond substituents is 2. The van der Waals surface area contributed by atoms with Gasteiger partial charge in [0.25, 0.3) is 0 Å². The molecule has 8 heteroatoms. The maximum Gasteiger partial charge on any atom is 0.326 e. The lowest BCUT2D eigenvalue weighted by molar-refractivity contribution is -0.142. The van der Waals surface area contributed by atoms with E-state index in [9.17, 15) is 24.9 Å². The number of carbonyl (C=O) groups is 2. The number of carbonyl (C=O) groups excluding carboxylic acids is 1. The second-order valence-electron chi connectivity index (χ2n) is 7.69. The van der Waals surface area contributed by atoms with Gasteiger partial charge in [0.15, 0.2) is 11.5 Å². The van der Waals surface area contributed by atoms with Crippen molar-refractivity contribution in [3.8, 4) is 23.0 Å². The molecule has 8 nitrogen and oxygen atoms in total. The summed E-state index contributed by atoms with van der Waals surface area (Å²) < 4.78 is 11.1. The van der Waals surface area contributed by atoms with Gasteiger partial charge in [-0.15, -0.1) is 0 Å². The van der Waals surface area contributed by atoms with E-state index in [0.717, 1.165) is 5.56 Å². The number of benzene rings is 2. The third-order valence-corrected chi connectivity index (χ3v) is 5.19. The monoisotopic (exact) mass is 415 g/mol. The Morgan fingerprint density at radius 2 is 1.93 bits per heavy atom. The van der Waals surface area contributed by atoms with Gasteiger partial charge in [-0.1, -0.05) is 12.1 Å². The van der Waals surface area contributed by atoms with E-state index in [1.165, 1.54) is 19.2 Å². The van der Waals surface area contributed by atoms with Crippen molar-refractivity contribution in [3.05, 3.63) is 47.5 Å². The topological polar surface area (TPSA) is 125 Å². The van der Waals surface area contributed by atoms with Crippen LogP contribution < -0.4 is 14.8 Å². The number of nitrogens with one attached hydrogen (secondary N) is 1. The highest BCUT2D eigenvalue weighted by atomic mass is 16.5. The van der Waals surface area contributed by atoms with E-state index >= 15 is 0 Å². The van der Waals surface area contributed by atoms with Gasteiger partial charge < -0.3 is 30.1 Å². The van der Waals surface area contributed by atoms with Crippen LogP contribution in [0.3, 0.4) is 0 Å². The van der Waals surface area contributed by atoms with E-state index in [1.54, 1.807) is 31.2 Å². The number of carboxylic acids is 1. The van der Waals surface area contributed by atoms with E-state index in [4.69, 9.17) is 9.47 Å². The van der Waals surface area contributed by atoms with E-state index in [1.807, 2.05) is 0 Å². The molecule has 0 spiro atoms. The van der Waals surface area contributed by atoms with Gasteiger partial charge in [-0.25, -0.2) is 4.79 Å². The first kappa shape index (κ1) is 21.3. The molecule has 2 atom stereocenters. The van der Waals surface area contributed by atoms with E-state index in [-0.39, 0.29) is 30.1 Å². The van der Waals surface area contributed by atoms with E-state index in [0.29, 0.717) is 24.2 Å². The first-order chi connectivity index (χ1) is 14.2. The highest BCUT2D eigenvalue weighted by molar-refractivity contribution is 5.84. The molecule has 1 aliphatic rings. The fourth-order valence-corrected chi connectivity index (χ4v) is 3.54. The van der Waals surface area contributed by atoms with Crippen molar-refractivity contribution in [1.82, 2.24) is 5.32 Å². The van der Waals surface area contributed by atoms with Crippen molar-refractivity contribution >= 4 is 11.9 Å². The third kappa shape index (κ3) is 4.94. The number of amides is 1. The van der Waals surface area contributed by atoms with Crippen molar-refractivity contribution in [2.24, 2.45) is 0 Å². The molecule has 2 aromatic rings. The number of rotatable bonds is 7. The first-order valence-corrected chi connectivity index (χ1v) is 9.58. The van der Waals surface area contributed by atoms with Crippen molar-refractivity contribution in [3.63, 3.8) is 0 Å². The minimum absolute atomic E-state index is 0.0189. The standard InChI is InChI=1S/C22H25NO7/c1-22(8-7-14-10-17(25)19(29-2)11-18(14)30-22)12-20(26)23-16(21(27)28)9-13-3-5-15(24)6-4-13/h3-6,10-11,16,24-25H,7-9,12H2,1-2H3,(H,23,26)(H,27,28)/t16-,22?/m0/s1. The number of ether oxygens (including phenoxy) is 2. The fraction of sp³-hybridized carbons (Fsp3) is 0.364. The van der Waals surface area contributed by atoms with Crippen LogP contribution in [0.4, 0.5) is 0 Å². The molecular formula is C22H25NO7. The molecule has 1 aliphatic heterocycles. The highest BCUT2D eigenvalue weighted by Crippen LogP contribution is 2.41. The van der Waals surface area contributed by atoms with Crippen LogP contribution in [0.15, 0.2) is 36.4 Å². The average Bonchev–Trinajstić information content (AvgIpc) is 2.68. The van der Waals surface area contributed by atoms with Crippen LogP contribution in [-0.4, -0.2) is 45.9 Å². The van der Waals surface area contributed by atoms with Crippen LogP contribution >= 0.6 is 0 Å². The van der Waals surface area contributed by atoms with Crippen molar-refractivity contribution < 1.29 is 34.4 Å². The molecule has 0 fully saturated rings. The Bertz CT molecular complexity index is 941. The predicted molar refractivity (Wildman–Crippen MR) is 108 cm³/mol. The molecule has 1 heterocycles. The van der Waals surface area contributed by atoms with E-state index < -0.39 is 23.5 Å². The molecule has 0 aliphatic carbocycles. The molecular weight excluding hydrogens is 390 g/mol. The summed E-state index contributed by atoms with van der Waals surface area (Å²) in [6, 6.07) is 8.24. The molecule has 0 radical (unpaired) electrons.